The molecule has 0 fully saturated rings. The molecule has 0 aliphatic heterocycles. The predicted molar refractivity (Wildman–Crippen MR) is 388 cm³/mol. The van der Waals surface area contributed by atoms with Crippen LogP contribution in [0, 0.1) is 6.08 Å². The first-order valence-corrected chi connectivity index (χ1v) is 36.1. The Morgan fingerprint density at radius 1 is 0.250 bits per heavy atom. The van der Waals surface area contributed by atoms with E-state index < -0.39 is 13.1 Å². The van der Waals surface area contributed by atoms with Crippen molar-refractivity contribution in [3.63, 3.8) is 0 Å². The van der Waals surface area contributed by atoms with Gasteiger partial charge >= 0.3 is 21.7 Å². The average Bonchev–Trinajstić information content (AvgIpc) is 1.24. The van der Waals surface area contributed by atoms with Crippen LogP contribution in [0.4, 0.5) is 0 Å². The molecule has 0 aromatic heterocycles. The smallest absolute Gasteiger partial charge is 1.00 e. The second-order valence-corrected chi connectivity index (χ2v) is 30.0. The fourth-order valence-electron chi connectivity index (χ4n) is 14.5. The number of benzene rings is 9. The van der Waals surface area contributed by atoms with Gasteiger partial charge < -0.3 is 37.2 Å². The fraction of sp³-hybridized carbons (Fsp3) is 0.333. The summed E-state index contributed by atoms with van der Waals surface area (Å²) in [6, 6.07) is 68.5. The monoisotopic (exact) mass is 1320 g/mol. The Bertz CT molecular complexity index is 3400. The molecule has 0 spiro atoms. The summed E-state index contributed by atoms with van der Waals surface area (Å²) in [5.41, 5.74) is 36.0. The number of hydrogen-bond acceptors (Lipinski definition) is 0. The van der Waals surface area contributed by atoms with Crippen LogP contribution in [0.25, 0.3) is 66.8 Å². The van der Waals surface area contributed by atoms with Crippen LogP contribution in [0.5, 0.6) is 0 Å². The van der Waals surface area contributed by atoms with Crippen molar-refractivity contribution in [3.05, 3.63) is 253 Å². The third kappa shape index (κ3) is 15.2. The molecule has 0 heterocycles. The van der Waals surface area contributed by atoms with Gasteiger partial charge in [-0.3, -0.25) is 6.08 Å². The first-order chi connectivity index (χ1) is 42.5. The Kier molecular flexibility index (Phi) is 26.7. The molecular weight excluding hydrogens is 1230 g/mol. The van der Waals surface area contributed by atoms with Gasteiger partial charge in [0.05, 0.1) is 0 Å². The van der Waals surface area contributed by atoms with E-state index in [1.54, 1.807) is 0 Å². The molecular formula is C87H99Cl3SiTi. The molecule has 5 heteroatoms. The number of allylic oxidation sites excluding steroid dienone is 4. The van der Waals surface area contributed by atoms with Gasteiger partial charge in [-0.1, -0.05) is 254 Å². The zero-order valence-electron chi connectivity index (χ0n) is 58.2. The van der Waals surface area contributed by atoms with E-state index in [9.17, 15) is 0 Å². The Hall–Kier alpha value is -5.74. The van der Waals surface area contributed by atoms with Crippen molar-refractivity contribution in [2.75, 3.05) is 0 Å². The van der Waals surface area contributed by atoms with Crippen molar-refractivity contribution in [1.82, 2.24) is 0 Å². The van der Waals surface area contributed by atoms with Gasteiger partial charge in [0.2, 0.25) is 0 Å². The normalized spacial score (nSPS) is 13.7. The van der Waals surface area contributed by atoms with Crippen LogP contribution in [0.15, 0.2) is 181 Å². The summed E-state index contributed by atoms with van der Waals surface area (Å²) in [5, 5.41) is 3.64. The van der Waals surface area contributed by atoms with E-state index in [2.05, 4.69) is 281 Å². The summed E-state index contributed by atoms with van der Waals surface area (Å²) in [5.74, 6) is 0. The third-order valence-corrected chi connectivity index (χ3v) is 25.8. The summed E-state index contributed by atoms with van der Waals surface area (Å²) in [6.45, 7) is 37.6. The van der Waals surface area contributed by atoms with Crippen molar-refractivity contribution >= 4 is 23.6 Å². The molecule has 9 aromatic carbocycles. The fourth-order valence-corrected chi connectivity index (χ4v) is 20.6. The van der Waals surface area contributed by atoms with Crippen LogP contribution in [-0.2, 0) is 98.8 Å². The number of halogens is 3. The first kappa shape index (κ1) is 75.3. The van der Waals surface area contributed by atoms with Crippen LogP contribution >= 0.6 is 0 Å². The van der Waals surface area contributed by atoms with E-state index in [4.69, 9.17) is 0 Å². The zero-order valence-corrected chi connectivity index (χ0v) is 63.0. The van der Waals surface area contributed by atoms with Crippen molar-refractivity contribution in [2.24, 2.45) is 0 Å². The van der Waals surface area contributed by atoms with Crippen molar-refractivity contribution < 1.29 is 58.9 Å². The molecule has 0 nitrogen and oxygen atoms in total. The van der Waals surface area contributed by atoms with Gasteiger partial charge in [-0.05, 0) is 244 Å². The Morgan fingerprint density at radius 3 is 0.533 bits per heavy atom. The molecule has 0 amide bonds. The minimum Gasteiger partial charge on any atom is -1.00 e. The number of hydrogen-bond donors (Lipinski definition) is 0. The summed E-state index contributed by atoms with van der Waals surface area (Å²) in [4.78, 5) is 0. The van der Waals surface area contributed by atoms with Crippen molar-refractivity contribution in [2.45, 2.75) is 193 Å². The van der Waals surface area contributed by atoms with Crippen LogP contribution in [0.3, 0.4) is 0 Å². The van der Waals surface area contributed by atoms with Crippen molar-refractivity contribution in [3.8, 4) is 66.8 Å². The zero-order chi connectivity index (χ0) is 62.6. The first-order valence-electron chi connectivity index (χ1n) is 34.1. The molecule has 1 unspecified atom stereocenters. The molecule has 476 valence electrons. The minimum absolute atomic E-state index is 0. The van der Waals surface area contributed by atoms with Gasteiger partial charge in [-0.2, -0.15) is 11.1 Å². The SMILES string of the molecule is CCc1cc(CC)cc(-c2cc(-c3cc(CC)cc(CC)c3)cc([Si](c3cc(-c4cc(CC)cc(CC)c4)cc(-c4cc(CC)cc(CC)c4)c3)(c3cc(-c4cc(CC)cc(CC)c4)cc(-c4cc(CC)cc(CC)c4)c3)C3(C)[C-]=C(C)C(C)=C3C)c2)c1.[Cl-].[Cl-].[Cl-].[Ti+4]. The molecule has 92 heavy (non-hydrogen) atoms. The van der Waals surface area contributed by atoms with Gasteiger partial charge in [0.1, 0.15) is 8.07 Å². The second kappa shape index (κ2) is 32.6. The van der Waals surface area contributed by atoms with Gasteiger partial charge in [0.15, 0.2) is 0 Å². The maximum Gasteiger partial charge on any atom is 4.00 e. The molecule has 1 atom stereocenters. The molecule has 0 saturated heterocycles. The summed E-state index contributed by atoms with van der Waals surface area (Å²) >= 11 is 0. The topological polar surface area (TPSA) is 0 Å². The van der Waals surface area contributed by atoms with Crippen molar-refractivity contribution in [1.29, 1.82) is 0 Å². The van der Waals surface area contributed by atoms with Gasteiger partial charge in [-0.25, -0.2) is 5.57 Å². The van der Waals surface area contributed by atoms with Crippen LogP contribution in [0.2, 0.25) is 5.04 Å². The molecule has 0 bridgehead atoms. The molecule has 10 rings (SSSR count). The molecule has 9 aromatic rings. The average molecular weight is 1330 g/mol. The largest absolute Gasteiger partial charge is 4.00 e. The Balaban J connectivity index is 0.00000336. The van der Waals surface area contributed by atoms with E-state index in [1.807, 2.05) is 0 Å². The van der Waals surface area contributed by atoms with Crippen LogP contribution in [0.1, 0.15) is 178 Å². The molecule has 0 radical (unpaired) electrons. The Morgan fingerprint density at radius 2 is 0.402 bits per heavy atom. The quantitative estimate of drug-likeness (QED) is 0.0360. The molecule has 1 aliphatic carbocycles. The number of rotatable bonds is 22. The predicted octanol–water partition coefficient (Wildman–Crippen LogP) is 12.8. The molecule has 0 N–H and O–H groups in total. The maximum absolute atomic E-state index is 4.54. The third-order valence-electron chi connectivity index (χ3n) is 20.4. The van der Waals surface area contributed by atoms with Gasteiger partial charge in [0.25, 0.3) is 0 Å². The van der Waals surface area contributed by atoms with Gasteiger partial charge in [0, 0.05) is 0 Å². The summed E-state index contributed by atoms with van der Waals surface area (Å²) in [6.07, 6.45) is 16.3. The summed E-state index contributed by atoms with van der Waals surface area (Å²) in [7, 11) is -3.70. The standard InChI is InChI=1S/C87H99Si.3ClH.Ti/c1-17-60-29-61(18-2)36-72(35-60)78-47-79(73-37-62(19-3)30-63(20-4)38-73)51-84(50-78)88(87(16)56-57(13)58(14)59(87)15,85-52-80(74-39-64(21-5)31-65(22-6)40-74)48-81(53-85)75-41-66(23-7)32-67(24-8)42-75)86-54-82(76-43-68(25-9)33-69(26-10)44-76)49-83(55-86)77-45-70(27-11)34-71(28-12)46-77;;;;/h29-55H,17-28H2,1-16H3;3*1H;/q-1;;;;+4/p-3. The van der Waals surface area contributed by atoms with E-state index in [0.29, 0.717) is 0 Å². The molecule has 0 saturated carbocycles. The maximum atomic E-state index is 4.54. The minimum atomic E-state index is -3.70. The summed E-state index contributed by atoms with van der Waals surface area (Å²) < 4.78 is 0. The molecule has 1 aliphatic rings. The van der Waals surface area contributed by atoms with E-state index in [0.717, 1.165) is 77.0 Å². The van der Waals surface area contributed by atoms with Crippen LogP contribution in [-0.4, -0.2) is 8.07 Å². The van der Waals surface area contributed by atoms with Crippen LogP contribution < -0.4 is 52.8 Å². The Labute approximate surface area is 590 Å². The number of aryl methyl sites for hydroxylation is 12. The van der Waals surface area contributed by atoms with E-state index in [-0.39, 0.29) is 58.9 Å². The van der Waals surface area contributed by atoms with Gasteiger partial charge in [-0.15, -0.1) is 6.92 Å². The van der Waals surface area contributed by atoms with E-state index >= 15 is 0 Å². The second-order valence-electron chi connectivity index (χ2n) is 25.7. The van der Waals surface area contributed by atoms with E-state index in [1.165, 1.54) is 166 Å².